The van der Waals surface area contributed by atoms with Crippen LogP contribution in [0, 0.1) is 0 Å². The number of carbonyl (C=O) groups is 5. The van der Waals surface area contributed by atoms with Gasteiger partial charge in [-0.1, -0.05) is 0 Å². The van der Waals surface area contributed by atoms with Crippen LogP contribution in [0.4, 0.5) is 0 Å². The van der Waals surface area contributed by atoms with Crippen LogP contribution in [0.1, 0.15) is 26.2 Å². The molecular weight excluding hydrogens is 418 g/mol. The lowest BCUT2D eigenvalue weighted by molar-refractivity contribution is -0.149. The molecule has 13 heteroatoms. The first-order chi connectivity index (χ1) is 14.3. The fraction of sp³-hybridized carbons (Fsp3) is 0.722. The van der Waals surface area contributed by atoms with Crippen molar-refractivity contribution in [3.63, 3.8) is 0 Å². The van der Waals surface area contributed by atoms with Gasteiger partial charge >= 0.3 is 29.8 Å². The summed E-state index contributed by atoms with van der Waals surface area (Å²) >= 11 is 0. The average Bonchev–Trinajstić information content (AvgIpc) is 2.76. The molecule has 0 spiro atoms. The first-order valence-corrected chi connectivity index (χ1v) is 9.65. The highest BCUT2D eigenvalue weighted by molar-refractivity contribution is 5.74. The summed E-state index contributed by atoms with van der Waals surface area (Å²) in [6, 6.07) is -1.08. The number of hydrogen-bond donors (Lipinski definition) is 5. The lowest BCUT2D eigenvalue weighted by Crippen LogP contribution is -2.61. The van der Waals surface area contributed by atoms with Crippen LogP contribution in [-0.4, -0.2) is 127 Å². The minimum atomic E-state index is -1.28. The number of carboxylic acid groups (broad SMARTS) is 5. The van der Waals surface area contributed by atoms with Crippen LogP contribution in [0.15, 0.2) is 0 Å². The van der Waals surface area contributed by atoms with E-state index in [2.05, 4.69) is 0 Å². The largest absolute Gasteiger partial charge is 0.481 e. The number of hydrogen-bond acceptors (Lipinski definition) is 8. The third-order valence-electron chi connectivity index (χ3n) is 5.18. The van der Waals surface area contributed by atoms with Crippen molar-refractivity contribution >= 4 is 29.8 Å². The van der Waals surface area contributed by atoms with Crippen molar-refractivity contribution in [1.82, 2.24) is 14.7 Å². The fourth-order valence-electron chi connectivity index (χ4n) is 3.86. The van der Waals surface area contributed by atoms with Gasteiger partial charge in [0.05, 0.1) is 19.6 Å². The number of aliphatic carboxylic acids is 5. The second-order valence-electron chi connectivity index (χ2n) is 7.86. The number of nitrogens with zero attached hydrogens (tertiary/aromatic N) is 3. The van der Waals surface area contributed by atoms with Crippen LogP contribution < -0.4 is 0 Å². The summed E-state index contributed by atoms with van der Waals surface area (Å²) in [7, 11) is 0. The lowest BCUT2D eigenvalue weighted by Gasteiger charge is -2.43. The summed E-state index contributed by atoms with van der Waals surface area (Å²) in [5.74, 6) is -5.94. The van der Waals surface area contributed by atoms with Gasteiger partial charge in [0.15, 0.2) is 0 Å². The smallest absolute Gasteiger partial charge is 0.320 e. The molecule has 1 unspecified atom stereocenters. The highest BCUT2D eigenvalue weighted by atomic mass is 16.4. The van der Waals surface area contributed by atoms with E-state index in [1.807, 2.05) is 0 Å². The molecule has 0 radical (unpaired) electrons. The highest BCUT2D eigenvalue weighted by Crippen LogP contribution is 2.24. The van der Waals surface area contributed by atoms with Gasteiger partial charge in [-0.25, -0.2) is 0 Å². The van der Waals surface area contributed by atoms with Crippen molar-refractivity contribution in [2.75, 3.05) is 45.8 Å². The Labute approximate surface area is 178 Å². The molecule has 0 aromatic carbocycles. The van der Waals surface area contributed by atoms with Gasteiger partial charge in [-0.3, -0.25) is 38.7 Å². The van der Waals surface area contributed by atoms with Crippen molar-refractivity contribution in [2.45, 2.75) is 37.8 Å². The Morgan fingerprint density at radius 3 is 1.90 bits per heavy atom. The molecule has 1 rings (SSSR count). The normalized spacial score (nSPS) is 21.4. The van der Waals surface area contributed by atoms with Gasteiger partial charge in [-0.15, -0.1) is 0 Å². The molecule has 176 valence electrons. The van der Waals surface area contributed by atoms with E-state index >= 15 is 0 Å². The van der Waals surface area contributed by atoms with Crippen LogP contribution in [0.25, 0.3) is 0 Å². The van der Waals surface area contributed by atoms with E-state index in [1.54, 1.807) is 6.92 Å². The van der Waals surface area contributed by atoms with Crippen LogP contribution in [0.2, 0.25) is 0 Å². The van der Waals surface area contributed by atoms with Gasteiger partial charge in [0.1, 0.15) is 6.04 Å². The Morgan fingerprint density at radius 1 is 0.871 bits per heavy atom. The lowest BCUT2D eigenvalue weighted by atomic mass is 9.96. The third-order valence-corrected chi connectivity index (χ3v) is 5.18. The van der Waals surface area contributed by atoms with Crippen LogP contribution in [-0.2, 0) is 24.0 Å². The summed E-state index contributed by atoms with van der Waals surface area (Å²) in [5.41, 5.74) is -1.19. The second kappa shape index (κ2) is 11.6. The molecule has 0 aromatic rings. The minimum absolute atomic E-state index is 0.0117. The van der Waals surface area contributed by atoms with Gasteiger partial charge in [0.2, 0.25) is 0 Å². The van der Waals surface area contributed by atoms with E-state index in [4.69, 9.17) is 5.11 Å². The maximum absolute atomic E-state index is 11.9. The van der Waals surface area contributed by atoms with E-state index in [1.165, 1.54) is 14.7 Å². The number of carboxylic acids is 5. The molecule has 31 heavy (non-hydrogen) atoms. The number of rotatable bonds is 13. The Hall–Kier alpha value is -2.77. The maximum atomic E-state index is 11.9. The fourth-order valence-corrected chi connectivity index (χ4v) is 3.86. The SMILES string of the molecule is CC1(N(CC(=O)O)CC(=O)O)CN(CC(=O)O)CCN([C@H](CCCC(=O)O)C(=O)O)C1. The summed E-state index contributed by atoms with van der Waals surface area (Å²) < 4.78 is 0. The average molecular weight is 447 g/mol. The van der Waals surface area contributed by atoms with Crippen molar-refractivity contribution in [3.8, 4) is 0 Å². The summed E-state index contributed by atoms with van der Waals surface area (Å²) in [5, 5.41) is 46.2. The summed E-state index contributed by atoms with van der Waals surface area (Å²) in [4.78, 5) is 60.8. The molecule has 1 heterocycles. The second-order valence-corrected chi connectivity index (χ2v) is 7.86. The first kappa shape index (κ1) is 26.3. The van der Waals surface area contributed by atoms with E-state index in [0.29, 0.717) is 0 Å². The minimum Gasteiger partial charge on any atom is -0.481 e. The predicted molar refractivity (Wildman–Crippen MR) is 104 cm³/mol. The predicted octanol–water partition coefficient (Wildman–Crippen LogP) is -1.37. The zero-order chi connectivity index (χ0) is 23.8. The summed E-state index contributed by atoms with van der Waals surface area (Å²) in [6.45, 7) is 0.212. The van der Waals surface area contributed by atoms with E-state index < -0.39 is 54.5 Å². The standard InChI is InChI=1S/C18H29N3O10/c1-18(21(8-15(26)27)9-16(28)29)10-19(7-14(24)25)5-6-20(11-18)12(17(30)31)3-2-4-13(22)23/h12H,2-11H2,1H3,(H,22,23)(H,24,25)(H,26,27)(H,28,29)(H,30,31)/t12-,18?/m1/s1. The zero-order valence-electron chi connectivity index (χ0n) is 17.3. The topological polar surface area (TPSA) is 196 Å². The molecule has 0 aliphatic carbocycles. The molecule has 1 aliphatic heterocycles. The Bertz CT molecular complexity index is 684. The van der Waals surface area contributed by atoms with Crippen molar-refractivity contribution in [3.05, 3.63) is 0 Å². The zero-order valence-corrected chi connectivity index (χ0v) is 17.3. The van der Waals surface area contributed by atoms with Gasteiger partial charge in [0, 0.05) is 38.1 Å². The van der Waals surface area contributed by atoms with E-state index in [9.17, 15) is 44.4 Å². The molecule has 1 aliphatic rings. The Morgan fingerprint density at radius 2 is 1.45 bits per heavy atom. The quantitative estimate of drug-likeness (QED) is 0.222. The Kier molecular flexibility index (Phi) is 9.81. The molecular formula is C18H29N3O10. The maximum Gasteiger partial charge on any atom is 0.320 e. The van der Waals surface area contributed by atoms with E-state index in [0.717, 1.165) is 0 Å². The van der Waals surface area contributed by atoms with E-state index in [-0.39, 0.29) is 52.0 Å². The van der Waals surface area contributed by atoms with Gasteiger partial charge in [-0.05, 0) is 19.8 Å². The monoisotopic (exact) mass is 447 g/mol. The van der Waals surface area contributed by atoms with Crippen LogP contribution >= 0.6 is 0 Å². The molecule has 1 fully saturated rings. The first-order valence-electron chi connectivity index (χ1n) is 9.65. The van der Waals surface area contributed by atoms with Crippen LogP contribution in [0.5, 0.6) is 0 Å². The molecule has 13 nitrogen and oxygen atoms in total. The van der Waals surface area contributed by atoms with Crippen molar-refractivity contribution < 1.29 is 49.5 Å². The highest BCUT2D eigenvalue weighted by Gasteiger charge is 2.42. The molecule has 2 atom stereocenters. The van der Waals surface area contributed by atoms with Crippen LogP contribution in [0.3, 0.4) is 0 Å². The van der Waals surface area contributed by atoms with Gasteiger partial charge in [-0.2, -0.15) is 0 Å². The van der Waals surface area contributed by atoms with Crippen molar-refractivity contribution in [1.29, 1.82) is 0 Å². The molecule has 0 amide bonds. The molecule has 1 saturated heterocycles. The molecule has 0 bridgehead atoms. The van der Waals surface area contributed by atoms with Crippen molar-refractivity contribution in [2.24, 2.45) is 0 Å². The Balaban J connectivity index is 3.25. The molecule has 0 aromatic heterocycles. The summed E-state index contributed by atoms with van der Waals surface area (Å²) in [6.07, 6.45) is -0.0923. The molecule has 5 N–H and O–H groups in total. The van der Waals surface area contributed by atoms with Gasteiger partial charge in [0.25, 0.3) is 0 Å². The third kappa shape index (κ3) is 8.86. The molecule has 0 saturated carbocycles. The van der Waals surface area contributed by atoms with Gasteiger partial charge < -0.3 is 25.5 Å².